The molecule has 3 heterocycles. The standard InChI is InChI=1S/C23H25N3O3/c1-17-20(24-23(29-17)19-5-3-2-4-6-19)15-26-11-9-25(10-12-26)14-18-7-8-21-22(13-18)28-16-27-21/h2-8,13H,9-12,14-16H2,1H3. The van der Waals surface area contributed by atoms with Crippen LogP contribution in [0.1, 0.15) is 17.0 Å². The van der Waals surface area contributed by atoms with E-state index in [2.05, 4.69) is 21.9 Å². The van der Waals surface area contributed by atoms with E-state index in [0.717, 1.165) is 67.8 Å². The normalized spacial score (nSPS) is 17.0. The van der Waals surface area contributed by atoms with Crippen LogP contribution in [0.3, 0.4) is 0 Å². The van der Waals surface area contributed by atoms with Gasteiger partial charge in [0.1, 0.15) is 5.76 Å². The van der Waals surface area contributed by atoms with Gasteiger partial charge in [-0.05, 0) is 36.8 Å². The van der Waals surface area contributed by atoms with E-state index in [1.807, 2.05) is 43.3 Å². The number of piperazine rings is 1. The van der Waals surface area contributed by atoms with Crippen LogP contribution in [-0.4, -0.2) is 47.8 Å². The van der Waals surface area contributed by atoms with Gasteiger partial charge in [-0.2, -0.15) is 0 Å². The zero-order valence-electron chi connectivity index (χ0n) is 16.6. The second kappa shape index (κ2) is 7.89. The smallest absolute Gasteiger partial charge is 0.231 e. The molecule has 6 heteroatoms. The number of hydrogen-bond donors (Lipinski definition) is 0. The first-order valence-corrected chi connectivity index (χ1v) is 10.1. The van der Waals surface area contributed by atoms with E-state index in [9.17, 15) is 0 Å². The maximum absolute atomic E-state index is 5.91. The number of hydrogen-bond acceptors (Lipinski definition) is 6. The summed E-state index contributed by atoms with van der Waals surface area (Å²) in [6.07, 6.45) is 0. The predicted octanol–water partition coefficient (Wildman–Crippen LogP) is 3.70. The highest BCUT2D eigenvalue weighted by molar-refractivity contribution is 5.53. The van der Waals surface area contributed by atoms with Crippen LogP contribution in [0.2, 0.25) is 0 Å². The average molecular weight is 391 g/mol. The van der Waals surface area contributed by atoms with E-state index in [4.69, 9.17) is 18.9 Å². The number of rotatable bonds is 5. The first kappa shape index (κ1) is 18.2. The molecular weight excluding hydrogens is 366 g/mol. The Morgan fingerprint density at radius 2 is 1.59 bits per heavy atom. The molecular formula is C23H25N3O3. The highest BCUT2D eigenvalue weighted by Gasteiger charge is 2.21. The van der Waals surface area contributed by atoms with E-state index in [-0.39, 0.29) is 0 Å². The third-order valence-corrected chi connectivity index (χ3v) is 5.59. The van der Waals surface area contributed by atoms with Gasteiger partial charge in [-0.1, -0.05) is 24.3 Å². The minimum atomic E-state index is 0.324. The molecule has 0 unspecified atom stereocenters. The molecule has 0 atom stereocenters. The number of aryl methyl sites for hydroxylation is 1. The Labute approximate surface area is 170 Å². The Balaban J connectivity index is 1.17. The summed E-state index contributed by atoms with van der Waals surface area (Å²) in [5.74, 6) is 3.32. The number of ether oxygens (including phenoxy) is 2. The second-order valence-electron chi connectivity index (χ2n) is 7.63. The molecule has 0 spiro atoms. The van der Waals surface area contributed by atoms with Crippen molar-refractivity contribution in [3.05, 3.63) is 65.5 Å². The van der Waals surface area contributed by atoms with Gasteiger partial charge in [-0.25, -0.2) is 4.98 Å². The van der Waals surface area contributed by atoms with E-state index in [1.165, 1.54) is 5.56 Å². The van der Waals surface area contributed by atoms with Crippen LogP contribution < -0.4 is 9.47 Å². The van der Waals surface area contributed by atoms with Crippen molar-refractivity contribution in [2.75, 3.05) is 33.0 Å². The van der Waals surface area contributed by atoms with Gasteiger partial charge >= 0.3 is 0 Å². The van der Waals surface area contributed by atoms with Crippen molar-refractivity contribution in [3.8, 4) is 23.0 Å². The lowest BCUT2D eigenvalue weighted by Gasteiger charge is -2.34. The third kappa shape index (κ3) is 3.99. The van der Waals surface area contributed by atoms with E-state index in [0.29, 0.717) is 12.7 Å². The highest BCUT2D eigenvalue weighted by Crippen LogP contribution is 2.33. The molecule has 6 nitrogen and oxygen atoms in total. The fourth-order valence-corrected chi connectivity index (χ4v) is 3.89. The van der Waals surface area contributed by atoms with Crippen LogP contribution in [0.5, 0.6) is 11.5 Å². The molecule has 29 heavy (non-hydrogen) atoms. The maximum Gasteiger partial charge on any atom is 0.231 e. The van der Waals surface area contributed by atoms with Gasteiger partial charge in [0.05, 0.1) is 5.69 Å². The van der Waals surface area contributed by atoms with Crippen molar-refractivity contribution in [1.82, 2.24) is 14.8 Å². The monoisotopic (exact) mass is 391 g/mol. The van der Waals surface area contributed by atoms with Gasteiger partial charge in [-0.3, -0.25) is 9.80 Å². The van der Waals surface area contributed by atoms with Gasteiger partial charge in [0.15, 0.2) is 11.5 Å². The number of fused-ring (bicyclic) bond motifs is 1. The molecule has 0 N–H and O–H groups in total. The molecule has 2 aliphatic heterocycles. The zero-order valence-corrected chi connectivity index (χ0v) is 16.6. The van der Waals surface area contributed by atoms with Crippen LogP contribution >= 0.6 is 0 Å². The maximum atomic E-state index is 5.91. The van der Waals surface area contributed by atoms with Gasteiger partial charge in [0, 0.05) is 44.8 Å². The third-order valence-electron chi connectivity index (χ3n) is 5.59. The van der Waals surface area contributed by atoms with E-state index < -0.39 is 0 Å². The van der Waals surface area contributed by atoms with Crippen molar-refractivity contribution >= 4 is 0 Å². The van der Waals surface area contributed by atoms with Crippen LogP contribution in [0.15, 0.2) is 52.9 Å². The van der Waals surface area contributed by atoms with Crippen molar-refractivity contribution in [2.24, 2.45) is 0 Å². The summed E-state index contributed by atoms with van der Waals surface area (Å²) in [5.41, 5.74) is 3.33. The molecule has 2 aliphatic rings. The summed E-state index contributed by atoms with van der Waals surface area (Å²) < 4.78 is 16.8. The summed E-state index contributed by atoms with van der Waals surface area (Å²) in [5, 5.41) is 0. The van der Waals surface area contributed by atoms with Crippen molar-refractivity contribution < 1.29 is 13.9 Å². The highest BCUT2D eigenvalue weighted by atomic mass is 16.7. The number of aromatic nitrogens is 1. The summed E-state index contributed by atoms with van der Waals surface area (Å²) in [6.45, 7) is 8.23. The van der Waals surface area contributed by atoms with E-state index in [1.54, 1.807) is 0 Å². The average Bonchev–Trinajstić information content (AvgIpc) is 3.36. The van der Waals surface area contributed by atoms with Crippen molar-refractivity contribution in [2.45, 2.75) is 20.0 Å². The molecule has 1 aromatic heterocycles. The van der Waals surface area contributed by atoms with Crippen LogP contribution in [0, 0.1) is 6.92 Å². The minimum Gasteiger partial charge on any atom is -0.454 e. The first-order valence-electron chi connectivity index (χ1n) is 10.1. The SMILES string of the molecule is Cc1oc(-c2ccccc2)nc1CN1CCN(Cc2ccc3c(c2)OCO3)CC1. The topological polar surface area (TPSA) is 51.0 Å². The Kier molecular flexibility index (Phi) is 4.96. The Morgan fingerprint density at radius 3 is 2.38 bits per heavy atom. The molecule has 1 saturated heterocycles. The van der Waals surface area contributed by atoms with Gasteiger partial charge in [-0.15, -0.1) is 0 Å². The lowest BCUT2D eigenvalue weighted by molar-refractivity contribution is 0.120. The quantitative estimate of drug-likeness (QED) is 0.661. The second-order valence-corrected chi connectivity index (χ2v) is 7.63. The predicted molar refractivity (Wildman–Crippen MR) is 110 cm³/mol. The molecule has 5 rings (SSSR count). The molecule has 0 saturated carbocycles. The summed E-state index contributed by atoms with van der Waals surface area (Å²) >= 11 is 0. The molecule has 0 aliphatic carbocycles. The van der Waals surface area contributed by atoms with Gasteiger partial charge < -0.3 is 13.9 Å². The Hall–Kier alpha value is -2.83. The van der Waals surface area contributed by atoms with Crippen LogP contribution in [-0.2, 0) is 13.1 Å². The molecule has 150 valence electrons. The lowest BCUT2D eigenvalue weighted by Crippen LogP contribution is -2.45. The number of nitrogens with zero attached hydrogens (tertiary/aromatic N) is 3. The van der Waals surface area contributed by atoms with Crippen molar-refractivity contribution in [3.63, 3.8) is 0 Å². The van der Waals surface area contributed by atoms with Gasteiger partial charge in [0.2, 0.25) is 12.7 Å². The Bertz CT molecular complexity index is 978. The molecule has 0 bridgehead atoms. The fraction of sp³-hybridized carbons (Fsp3) is 0.348. The number of benzene rings is 2. The van der Waals surface area contributed by atoms with Gasteiger partial charge in [0.25, 0.3) is 0 Å². The Morgan fingerprint density at radius 1 is 0.862 bits per heavy atom. The fourth-order valence-electron chi connectivity index (χ4n) is 3.89. The molecule has 3 aromatic rings. The summed E-state index contributed by atoms with van der Waals surface area (Å²) in [4.78, 5) is 9.69. The van der Waals surface area contributed by atoms with E-state index >= 15 is 0 Å². The zero-order chi connectivity index (χ0) is 19.6. The summed E-state index contributed by atoms with van der Waals surface area (Å²) in [7, 11) is 0. The van der Waals surface area contributed by atoms with Crippen LogP contribution in [0.4, 0.5) is 0 Å². The lowest BCUT2D eigenvalue weighted by atomic mass is 10.1. The van der Waals surface area contributed by atoms with Crippen molar-refractivity contribution in [1.29, 1.82) is 0 Å². The molecule has 0 radical (unpaired) electrons. The minimum absolute atomic E-state index is 0.324. The largest absolute Gasteiger partial charge is 0.454 e. The first-order chi connectivity index (χ1) is 14.2. The molecule has 0 amide bonds. The molecule has 1 fully saturated rings. The summed E-state index contributed by atoms with van der Waals surface area (Å²) in [6, 6.07) is 16.3. The molecule has 2 aromatic carbocycles. The number of oxazole rings is 1. The van der Waals surface area contributed by atoms with Crippen LogP contribution in [0.25, 0.3) is 11.5 Å².